The highest BCUT2D eigenvalue weighted by Gasteiger charge is 2.32. The molecule has 0 saturated heterocycles. The summed E-state index contributed by atoms with van der Waals surface area (Å²) < 4.78 is 40.0. The van der Waals surface area contributed by atoms with E-state index in [1.807, 2.05) is 13.8 Å². The van der Waals surface area contributed by atoms with Crippen LogP contribution < -0.4 is 5.73 Å². The standard InChI is InChI=1S/C18H17ClF3N5/c1-10(2)17(11-3-4-14(24-7-11)18(20,21)22)27-9-13(8-25-27)12-5-15(19)26-16(23)6-12/h3-10,17H,1-2H3,(H2,23,26). The number of alkyl halides is 3. The molecule has 0 amide bonds. The SMILES string of the molecule is CC(C)C(c1ccc(C(F)(F)F)nc1)n1cc(-c2cc(N)nc(Cl)c2)cn1. The maximum Gasteiger partial charge on any atom is 0.433 e. The topological polar surface area (TPSA) is 69.6 Å². The second-order valence-corrected chi connectivity index (χ2v) is 6.86. The van der Waals surface area contributed by atoms with E-state index in [4.69, 9.17) is 17.3 Å². The third kappa shape index (κ3) is 4.21. The van der Waals surface area contributed by atoms with Crippen LogP contribution in [0.5, 0.6) is 0 Å². The van der Waals surface area contributed by atoms with Crippen LogP contribution in [-0.2, 0) is 6.18 Å². The molecule has 0 radical (unpaired) electrons. The summed E-state index contributed by atoms with van der Waals surface area (Å²) in [4.78, 5) is 7.48. The molecule has 0 fully saturated rings. The van der Waals surface area contributed by atoms with Crippen molar-refractivity contribution in [3.05, 3.63) is 59.3 Å². The minimum absolute atomic E-state index is 0.0717. The number of hydrogen-bond donors (Lipinski definition) is 1. The van der Waals surface area contributed by atoms with Crippen LogP contribution in [0.15, 0.2) is 42.9 Å². The Hall–Kier alpha value is -2.61. The van der Waals surface area contributed by atoms with E-state index in [0.717, 1.165) is 17.2 Å². The Balaban J connectivity index is 1.96. The van der Waals surface area contributed by atoms with E-state index in [0.29, 0.717) is 5.56 Å². The van der Waals surface area contributed by atoms with Gasteiger partial charge in [0.15, 0.2) is 0 Å². The third-order valence-electron chi connectivity index (χ3n) is 4.08. The average Bonchev–Trinajstić information content (AvgIpc) is 3.03. The summed E-state index contributed by atoms with van der Waals surface area (Å²) in [6.45, 7) is 3.93. The second kappa shape index (κ2) is 7.19. The van der Waals surface area contributed by atoms with Gasteiger partial charge in [-0.1, -0.05) is 31.5 Å². The number of halogens is 4. The lowest BCUT2D eigenvalue weighted by molar-refractivity contribution is -0.141. The first-order chi connectivity index (χ1) is 12.6. The predicted octanol–water partition coefficient (Wildman–Crippen LogP) is 4.84. The van der Waals surface area contributed by atoms with Crippen LogP contribution in [0.3, 0.4) is 0 Å². The fourth-order valence-electron chi connectivity index (χ4n) is 2.91. The Bertz CT molecular complexity index is 915. The summed E-state index contributed by atoms with van der Waals surface area (Å²) in [5.74, 6) is 0.361. The highest BCUT2D eigenvalue weighted by molar-refractivity contribution is 6.29. The number of nitrogen functional groups attached to an aromatic ring is 1. The van der Waals surface area contributed by atoms with Crippen LogP contribution in [-0.4, -0.2) is 19.7 Å². The van der Waals surface area contributed by atoms with Crippen molar-refractivity contribution in [2.24, 2.45) is 5.92 Å². The largest absolute Gasteiger partial charge is 0.433 e. The molecular formula is C18H17ClF3N5. The number of pyridine rings is 2. The van der Waals surface area contributed by atoms with E-state index in [1.54, 1.807) is 29.2 Å². The molecule has 1 atom stereocenters. The van der Waals surface area contributed by atoms with Gasteiger partial charge in [0, 0.05) is 18.0 Å². The summed E-state index contributed by atoms with van der Waals surface area (Å²) in [7, 11) is 0. The highest BCUT2D eigenvalue weighted by atomic mass is 35.5. The Morgan fingerprint density at radius 1 is 1.11 bits per heavy atom. The van der Waals surface area contributed by atoms with Gasteiger partial charge >= 0.3 is 6.18 Å². The van der Waals surface area contributed by atoms with Crippen molar-refractivity contribution in [3.63, 3.8) is 0 Å². The molecule has 3 aromatic rings. The number of hydrogen-bond acceptors (Lipinski definition) is 4. The van der Waals surface area contributed by atoms with E-state index in [9.17, 15) is 13.2 Å². The molecule has 3 rings (SSSR count). The van der Waals surface area contributed by atoms with E-state index in [1.165, 1.54) is 12.3 Å². The normalized spacial score (nSPS) is 13.1. The molecule has 142 valence electrons. The van der Waals surface area contributed by atoms with Gasteiger partial charge in [-0.05, 0) is 35.2 Å². The fraction of sp³-hybridized carbons (Fsp3) is 0.278. The number of anilines is 1. The molecule has 0 aliphatic rings. The van der Waals surface area contributed by atoms with Crippen molar-refractivity contribution in [2.45, 2.75) is 26.1 Å². The van der Waals surface area contributed by atoms with Crippen molar-refractivity contribution < 1.29 is 13.2 Å². The van der Waals surface area contributed by atoms with Crippen molar-refractivity contribution in [2.75, 3.05) is 5.73 Å². The van der Waals surface area contributed by atoms with E-state index in [-0.39, 0.29) is 22.9 Å². The smallest absolute Gasteiger partial charge is 0.384 e. The molecule has 3 aromatic heterocycles. The molecule has 5 nitrogen and oxygen atoms in total. The van der Waals surface area contributed by atoms with Gasteiger partial charge in [0.05, 0.1) is 12.2 Å². The van der Waals surface area contributed by atoms with E-state index < -0.39 is 11.9 Å². The van der Waals surface area contributed by atoms with Crippen molar-refractivity contribution in [1.29, 1.82) is 0 Å². The third-order valence-corrected chi connectivity index (χ3v) is 4.28. The summed E-state index contributed by atoms with van der Waals surface area (Å²) >= 11 is 5.95. The lowest BCUT2D eigenvalue weighted by Crippen LogP contribution is -2.18. The Morgan fingerprint density at radius 2 is 1.85 bits per heavy atom. The molecule has 9 heteroatoms. The predicted molar refractivity (Wildman–Crippen MR) is 97.1 cm³/mol. The zero-order valence-corrected chi connectivity index (χ0v) is 15.3. The first-order valence-electron chi connectivity index (χ1n) is 8.16. The molecule has 1 unspecified atom stereocenters. The minimum Gasteiger partial charge on any atom is -0.384 e. The van der Waals surface area contributed by atoms with Crippen LogP contribution in [0.1, 0.15) is 31.1 Å². The zero-order valence-electron chi connectivity index (χ0n) is 14.6. The first kappa shape index (κ1) is 19.2. The number of aromatic nitrogens is 4. The first-order valence-corrected chi connectivity index (χ1v) is 8.53. The average molecular weight is 396 g/mol. The molecule has 3 heterocycles. The van der Waals surface area contributed by atoms with E-state index >= 15 is 0 Å². The quantitative estimate of drug-likeness (QED) is 0.642. The molecule has 2 N–H and O–H groups in total. The van der Waals surface area contributed by atoms with E-state index in [2.05, 4.69) is 15.1 Å². The van der Waals surface area contributed by atoms with Gasteiger partial charge in [-0.25, -0.2) is 4.98 Å². The molecule has 0 aliphatic heterocycles. The number of rotatable bonds is 4. The van der Waals surface area contributed by atoms with Crippen molar-refractivity contribution in [1.82, 2.24) is 19.7 Å². The van der Waals surface area contributed by atoms with Crippen LogP contribution >= 0.6 is 11.6 Å². The van der Waals surface area contributed by atoms with Gasteiger partial charge in [0.1, 0.15) is 16.7 Å². The fourth-order valence-corrected chi connectivity index (χ4v) is 3.13. The van der Waals surface area contributed by atoms with Crippen LogP contribution in [0, 0.1) is 5.92 Å². The minimum atomic E-state index is -4.47. The van der Waals surface area contributed by atoms with Gasteiger partial charge in [0.2, 0.25) is 0 Å². The summed E-state index contributed by atoms with van der Waals surface area (Å²) in [6, 6.07) is 5.49. The second-order valence-electron chi connectivity index (χ2n) is 6.48. The molecule has 0 aliphatic carbocycles. The number of nitrogens with two attached hydrogens (primary N) is 1. The monoisotopic (exact) mass is 395 g/mol. The van der Waals surface area contributed by atoms with Gasteiger partial charge in [-0.2, -0.15) is 18.3 Å². The summed E-state index contributed by atoms with van der Waals surface area (Å²) in [5.41, 5.74) is 6.98. The molecular weight excluding hydrogens is 379 g/mol. The summed E-state index contributed by atoms with van der Waals surface area (Å²) in [6.07, 6.45) is 0.229. The Labute approximate surface area is 159 Å². The Kier molecular flexibility index (Phi) is 5.10. The summed E-state index contributed by atoms with van der Waals surface area (Å²) in [5, 5.41) is 4.65. The van der Waals surface area contributed by atoms with Crippen molar-refractivity contribution in [3.8, 4) is 11.1 Å². The highest BCUT2D eigenvalue weighted by Crippen LogP contribution is 2.32. The van der Waals surface area contributed by atoms with Crippen LogP contribution in [0.4, 0.5) is 19.0 Å². The van der Waals surface area contributed by atoms with Crippen LogP contribution in [0.25, 0.3) is 11.1 Å². The number of nitrogens with zero attached hydrogens (tertiary/aromatic N) is 4. The lowest BCUT2D eigenvalue weighted by atomic mass is 9.97. The van der Waals surface area contributed by atoms with Crippen LogP contribution in [0.2, 0.25) is 5.15 Å². The zero-order chi connectivity index (χ0) is 19.8. The molecule has 0 saturated carbocycles. The lowest BCUT2D eigenvalue weighted by Gasteiger charge is -2.22. The van der Waals surface area contributed by atoms with Crippen molar-refractivity contribution >= 4 is 17.4 Å². The van der Waals surface area contributed by atoms with Gasteiger partial charge in [-0.15, -0.1) is 0 Å². The molecule has 0 aromatic carbocycles. The molecule has 27 heavy (non-hydrogen) atoms. The maximum absolute atomic E-state index is 12.8. The van der Waals surface area contributed by atoms with Gasteiger partial charge in [0.25, 0.3) is 0 Å². The molecule has 0 spiro atoms. The maximum atomic E-state index is 12.8. The Morgan fingerprint density at radius 3 is 2.41 bits per heavy atom. The van der Waals surface area contributed by atoms with Gasteiger partial charge < -0.3 is 5.73 Å². The molecule has 0 bridgehead atoms. The van der Waals surface area contributed by atoms with Gasteiger partial charge in [-0.3, -0.25) is 9.67 Å².